The van der Waals surface area contributed by atoms with Crippen molar-refractivity contribution in [2.24, 2.45) is 0 Å². The number of aryl methyl sites for hydroxylation is 1. The Kier molecular flexibility index (Phi) is 5.67. The number of anilines is 1. The van der Waals surface area contributed by atoms with Gasteiger partial charge in [-0.25, -0.2) is 0 Å². The number of hydrogen-bond acceptors (Lipinski definition) is 5. The third kappa shape index (κ3) is 4.56. The minimum atomic E-state index is -0.139. The van der Waals surface area contributed by atoms with Crippen molar-refractivity contribution in [3.63, 3.8) is 0 Å². The van der Waals surface area contributed by atoms with Crippen LogP contribution in [0, 0.1) is 6.92 Å². The Hall–Kier alpha value is -1.96. The number of benzene rings is 1. The molecule has 1 N–H and O–H groups in total. The average molecular weight is 389 g/mol. The van der Waals surface area contributed by atoms with Gasteiger partial charge in [-0.3, -0.25) is 14.5 Å². The SMILES string of the molecule is Cc1ccc(NC(=O)CCN2C(=O)/C(=C\c3cccs3)SC2=S)cc1. The van der Waals surface area contributed by atoms with E-state index in [1.807, 2.05) is 54.8 Å². The largest absolute Gasteiger partial charge is 0.326 e. The summed E-state index contributed by atoms with van der Waals surface area (Å²) in [5.74, 6) is -0.272. The van der Waals surface area contributed by atoms with Gasteiger partial charge in [0.1, 0.15) is 4.32 Å². The molecule has 1 aromatic heterocycles. The van der Waals surface area contributed by atoms with Crippen LogP contribution in [0.25, 0.3) is 6.08 Å². The standard InChI is InChI=1S/C18H16N2O2S3/c1-12-4-6-13(7-5-12)19-16(21)8-9-20-17(22)15(25-18(20)23)11-14-3-2-10-24-14/h2-7,10-11H,8-9H2,1H3,(H,19,21)/b15-11+. The van der Waals surface area contributed by atoms with Crippen molar-refractivity contribution < 1.29 is 9.59 Å². The molecule has 0 spiro atoms. The number of rotatable bonds is 5. The lowest BCUT2D eigenvalue weighted by atomic mass is 10.2. The van der Waals surface area contributed by atoms with E-state index in [1.54, 1.807) is 11.3 Å². The monoisotopic (exact) mass is 388 g/mol. The van der Waals surface area contributed by atoms with Crippen LogP contribution in [-0.4, -0.2) is 27.6 Å². The lowest BCUT2D eigenvalue weighted by Crippen LogP contribution is -2.31. The van der Waals surface area contributed by atoms with Crippen molar-refractivity contribution in [1.82, 2.24) is 4.90 Å². The van der Waals surface area contributed by atoms with Crippen LogP contribution in [0.5, 0.6) is 0 Å². The van der Waals surface area contributed by atoms with Crippen LogP contribution >= 0.6 is 35.3 Å². The molecule has 3 rings (SSSR count). The predicted molar refractivity (Wildman–Crippen MR) is 109 cm³/mol. The van der Waals surface area contributed by atoms with E-state index in [4.69, 9.17) is 12.2 Å². The molecule has 0 atom stereocenters. The van der Waals surface area contributed by atoms with Gasteiger partial charge in [-0.05, 0) is 36.6 Å². The van der Waals surface area contributed by atoms with E-state index in [-0.39, 0.29) is 24.8 Å². The molecular formula is C18H16N2O2S3. The maximum atomic E-state index is 12.5. The second-order valence-electron chi connectivity index (χ2n) is 5.51. The molecule has 7 heteroatoms. The first kappa shape index (κ1) is 17.8. The summed E-state index contributed by atoms with van der Waals surface area (Å²) in [7, 11) is 0. The lowest BCUT2D eigenvalue weighted by Gasteiger charge is -2.14. The predicted octanol–water partition coefficient (Wildman–Crippen LogP) is 4.29. The molecule has 0 saturated carbocycles. The van der Waals surface area contributed by atoms with Crippen molar-refractivity contribution in [3.05, 3.63) is 57.1 Å². The van der Waals surface area contributed by atoms with Gasteiger partial charge in [-0.1, -0.05) is 47.7 Å². The van der Waals surface area contributed by atoms with Crippen LogP contribution in [-0.2, 0) is 9.59 Å². The molecule has 0 aliphatic carbocycles. The van der Waals surface area contributed by atoms with Crippen LogP contribution in [0.3, 0.4) is 0 Å². The minimum Gasteiger partial charge on any atom is -0.326 e. The van der Waals surface area contributed by atoms with E-state index in [2.05, 4.69) is 5.32 Å². The summed E-state index contributed by atoms with van der Waals surface area (Å²) in [6.07, 6.45) is 2.04. The topological polar surface area (TPSA) is 49.4 Å². The third-order valence-electron chi connectivity index (χ3n) is 3.59. The fourth-order valence-corrected chi connectivity index (χ4v) is 4.30. The molecule has 1 saturated heterocycles. The fourth-order valence-electron chi connectivity index (χ4n) is 2.27. The molecular weight excluding hydrogens is 372 g/mol. The first-order valence-corrected chi connectivity index (χ1v) is 9.79. The van der Waals surface area contributed by atoms with Crippen LogP contribution in [0.2, 0.25) is 0 Å². The molecule has 0 unspecified atom stereocenters. The highest BCUT2D eigenvalue weighted by atomic mass is 32.2. The molecule has 1 aliphatic heterocycles. The van der Waals surface area contributed by atoms with Crippen molar-refractivity contribution in [3.8, 4) is 0 Å². The Morgan fingerprint density at radius 1 is 1.28 bits per heavy atom. The highest BCUT2D eigenvalue weighted by Gasteiger charge is 2.32. The second-order valence-corrected chi connectivity index (χ2v) is 8.17. The molecule has 0 bridgehead atoms. The zero-order chi connectivity index (χ0) is 17.8. The number of amides is 2. The van der Waals surface area contributed by atoms with Crippen molar-refractivity contribution >= 4 is 63.2 Å². The summed E-state index contributed by atoms with van der Waals surface area (Å²) in [4.78, 5) is 27.7. The highest BCUT2D eigenvalue weighted by Crippen LogP contribution is 2.33. The molecule has 0 radical (unpaired) electrons. The first-order chi connectivity index (χ1) is 12.0. The van der Waals surface area contributed by atoms with Gasteiger partial charge < -0.3 is 5.32 Å². The van der Waals surface area contributed by atoms with E-state index >= 15 is 0 Å². The molecule has 1 aliphatic rings. The van der Waals surface area contributed by atoms with Crippen LogP contribution in [0.15, 0.2) is 46.7 Å². The fraction of sp³-hybridized carbons (Fsp3) is 0.167. The molecule has 4 nitrogen and oxygen atoms in total. The Morgan fingerprint density at radius 3 is 2.72 bits per heavy atom. The summed E-state index contributed by atoms with van der Waals surface area (Å²) in [6, 6.07) is 11.5. The van der Waals surface area contributed by atoms with Gasteiger partial charge >= 0.3 is 0 Å². The summed E-state index contributed by atoms with van der Waals surface area (Å²) in [5, 5.41) is 4.79. The van der Waals surface area contributed by atoms with Gasteiger partial charge in [0.25, 0.3) is 5.91 Å². The van der Waals surface area contributed by atoms with E-state index in [1.165, 1.54) is 16.7 Å². The molecule has 128 valence electrons. The van der Waals surface area contributed by atoms with Crippen molar-refractivity contribution in [2.75, 3.05) is 11.9 Å². The van der Waals surface area contributed by atoms with Gasteiger partial charge in [0.05, 0.1) is 4.91 Å². The van der Waals surface area contributed by atoms with Gasteiger partial charge in [0, 0.05) is 23.5 Å². The van der Waals surface area contributed by atoms with E-state index in [9.17, 15) is 9.59 Å². The molecule has 1 fully saturated rings. The summed E-state index contributed by atoms with van der Waals surface area (Å²) < 4.78 is 0.496. The number of thiocarbonyl (C=S) groups is 1. The summed E-state index contributed by atoms with van der Waals surface area (Å²) >= 11 is 8.13. The smallest absolute Gasteiger partial charge is 0.266 e. The van der Waals surface area contributed by atoms with Gasteiger partial charge in [-0.15, -0.1) is 11.3 Å². The highest BCUT2D eigenvalue weighted by molar-refractivity contribution is 8.26. The van der Waals surface area contributed by atoms with Gasteiger partial charge in [-0.2, -0.15) is 0 Å². The zero-order valence-electron chi connectivity index (χ0n) is 13.5. The maximum Gasteiger partial charge on any atom is 0.266 e. The number of carbonyl (C=O) groups excluding carboxylic acids is 2. The Bertz CT molecular complexity index is 827. The molecule has 2 heterocycles. The Morgan fingerprint density at radius 2 is 2.04 bits per heavy atom. The number of thioether (sulfide) groups is 1. The lowest BCUT2D eigenvalue weighted by molar-refractivity contribution is -0.122. The number of nitrogens with zero attached hydrogens (tertiary/aromatic N) is 1. The Labute approximate surface area is 159 Å². The van der Waals surface area contributed by atoms with E-state index in [0.29, 0.717) is 9.23 Å². The number of thiophene rings is 1. The van der Waals surface area contributed by atoms with Crippen LogP contribution in [0.4, 0.5) is 5.69 Å². The summed E-state index contributed by atoms with van der Waals surface area (Å²) in [5.41, 5.74) is 1.88. The van der Waals surface area contributed by atoms with Gasteiger partial charge in [0.2, 0.25) is 5.91 Å². The van der Waals surface area contributed by atoms with E-state index < -0.39 is 0 Å². The quantitative estimate of drug-likeness (QED) is 0.613. The molecule has 2 aromatic rings. The zero-order valence-corrected chi connectivity index (χ0v) is 16.0. The van der Waals surface area contributed by atoms with Crippen LogP contribution in [0.1, 0.15) is 16.9 Å². The number of hydrogen-bond donors (Lipinski definition) is 1. The third-order valence-corrected chi connectivity index (χ3v) is 5.79. The average Bonchev–Trinajstić information content (AvgIpc) is 3.18. The molecule has 1 aromatic carbocycles. The van der Waals surface area contributed by atoms with Crippen LogP contribution < -0.4 is 5.32 Å². The number of carbonyl (C=O) groups is 2. The normalized spacial score (nSPS) is 15.9. The molecule has 25 heavy (non-hydrogen) atoms. The Balaban J connectivity index is 1.57. The van der Waals surface area contributed by atoms with Gasteiger partial charge in [0.15, 0.2) is 0 Å². The van der Waals surface area contributed by atoms with Crippen molar-refractivity contribution in [1.29, 1.82) is 0 Å². The van der Waals surface area contributed by atoms with Crippen molar-refractivity contribution in [2.45, 2.75) is 13.3 Å². The van der Waals surface area contributed by atoms with E-state index in [0.717, 1.165) is 16.1 Å². The summed E-state index contributed by atoms with van der Waals surface area (Å²) in [6.45, 7) is 2.27. The first-order valence-electron chi connectivity index (χ1n) is 7.68. The molecule has 2 amide bonds. The number of nitrogens with one attached hydrogen (secondary N) is 1. The maximum absolute atomic E-state index is 12.5. The minimum absolute atomic E-state index is 0.133. The second kappa shape index (κ2) is 7.95.